The highest BCUT2D eigenvalue weighted by molar-refractivity contribution is 5.79. The molecule has 3 heteroatoms. The summed E-state index contributed by atoms with van der Waals surface area (Å²) in [5.41, 5.74) is 3.67. The van der Waals surface area contributed by atoms with Crippen LogP contribution in [0.3, 0.4) is 0 Å². The third kappa shape index (κ3) is 1.31. The molecule has 0 radical (unpaired) electrons. The Morgan fingerprint density at radius 3 is 2.81 bits per heavy atom. The second-order valence-corrected chi connectivity index (χ2v) is 4.63. The van der Waals surface area contributed by atoms with Crippen LogP contribution in [0.2, 0.25) is 0 Å². The standard InChI is InChI=1S/C13H17N3/c1-9-6-7-11-12(8-9)16(10-4-3-5-10)13(14-2)15-11/h6-8,10H,3-5H2,1-2H3,(H,14,15). The lowest BCUT2D eigenvalue weighted by Gasteiger charge is -2.28. The molecule has 1 aromatic carbocycles. The molecular weight excluding hydrogens is 198 g/mol. The summed E-state index contributed by atoms with van der Waals surface area (Å²) >= 11 is 0. The molecule has 0 bridgehead atoms. The minimum Gasteiger partial charge on any atom is -0.359 e. The molecule has 1 saturated carbocycles. The zero-order valence-electron chi connectivity index (χ0n) is 9.83. The third-order valence-corrected chi connectivity index (χ3v) is 3.51. The maximum absolute atomic E-state index is 4.63. The first-order valence-electron chi connectivity index (χ1n) is 5.96. The minimum absolute atomic E-state index is 0.647. The number of imidazole rings is 1. The number of fused-ring (bicyclic) bond motifs is 1. The molecule has 84 valence electrons. The van der Waals surface area contributed by atoms with Crippen molar-refractivity contribution in [1.82, 2.24) is 9.55 Å². The Balaban J connectivity index is 2.23. The first kappa shape index (κ1) is 9.70. The molecule has 1 N–H and O–H groups in total. The van der Waals surface area contributed by atoms with Crippen molar-refractivity contribution >= 4 is 17.0 Å². The van der Waals surface area contributed by atoms with Gasteiger partial charge in [-0.15, -0.1) is 0 Å². The molecule has 0 amide bonds. The number of aryl methyl sites for hydroxylation is 1. The van der Waals surface area contributed by atoms with Crippen molar-refractivity contribution in [2.45, 2.75) is 32.2 Å². The van der Waals surface area contributed by atoms with Gasteiger partial charge in [0, 0.05) is 13.1 Å². The molecule has 1 aromatic heterocycles. The highest BCUT2D eigenvalue weighted by Crippen LogP contribution is 2.37. The van der Waals surface area contributed by atoms with Crippen molar-refractivity contribution in [2.75, 3.05) is 12.4 Å². The van der Waals surface area contributed by atoms with Crippen molar-refractivity contribution < 1.29 is 0 Å². The van der Waals surface area contributed by atoms with Gasteiger partial charge in [0.15, 0.2) is 0 Å². The summed E-state index contributed by atoms with van der Waals surface area (Å²) in [6.07, 6.45) is 3.92. The predicted octanol–water partition coefficient (Wildman–Crippen LogP) is 3.11. The number of nitrogens with one attached hydrogen (secondary N) is 1. The van der Waals surface area contributed by atoms with Crippen LogP contribution in [0.25, 0.3) is 11.0 Å². The SMILES string of the molecule is CNc1nc2ccc(C)cc2n1C1CCC1. The predicted molar refractivity (Wildman–Crippen MR) is 66.9 cm³/mol. The highest BCUT2D eigenvalue weighted by atomic mass is 15.2. The summed E-state index contributed by atoms with van der Waals surface area (Å²) in [7, 11) is 1.95. The molecule has 2 aromatic rings. The van der Waals surface area contributed by atoms with Gasteiger partial charge in [-0.25, -0.2) is 4.98 Å². The van der Waals surface area contributed by atoms with E-state index in [2.05, 4.69) is 40.0 Å². The van der Waals surface area contributed by atoms with Gasteiger partial charge in [-0.05, 0) is 43.9 Å². The molecule has 1 aliphatic rings. The third-order valence-electron chi connectivity index (χ3n) is 3.51. The zero-order chi connectivity index (χ0) is 11.1. The van der Waals surface area contributed by atoms with E-state index in [9.17, 15) is 0 Å². The van der Waals surface area contributed by atoms with Gasteiger partial charge in [-0.3, -0.25) is 0 Å². The average molecular weight is 215 g/mol. The van der Waals surface area contributed by atoms with Crippen LogP contribution >= 0.6 is 0 Å². The summed E-state index contributed by atoms with van der Waals surface area (Å²) < 4.78 is 2.37. The smallest absolute Gasteiger partial charge is 0.203 e. The van der Waals surface area contributed by atoms with Gasteiger partial charge in [-0.2, -0.15) is 0 Å². The monoisotopic (exact) mass is 215 g/mol. The Kier molecular flexibility index (Phi) is 2.13. The number of hydrogen-bond donors (Lipinski definition) is 1. The lowest BCUT2D eigenvalue weighted by Crippen LogP contribution is -2.18. The van der Waals surface area contributed by atoms with Crippen LogP contribution in [0.1, 0.15) is 30.9 Å². The van der Waals surface area contributed by atoms with Gasteiger partial charge in [0.05, 0.1) is 11.0 Å². The number of benzene rings is 1. The molecule has 0 atom stereocenters. The highest BCUT2D eigenvalue weighted by Gasteiger charge is 2.24. The van der Waals surface area contributed by atoms with Gasteiger partial charge in [-0.1, -0.05) is 6.07 Å². The van der Waals surface area contributed by atoms with Crippen LogP contribution in [0, 0.1) is 6.92 Å². The lowest BCUT2D eigenvalue weighted by molar-refractivity contribution is 0.323. The van der Waals surface area contributed by atoms with Crippen molar-refractivity contribution in [1.29, 1.82) is 0 Å². The van der Waals surface area contributed by atoms with Crippen LogP contribution in [0.5, 0.6) is 0 Å². The summed E-state index contributed by atoms with van der Waals surface area (Å²) in [5, 5.41) is 3.21. The van der Waals surface area contributed by atoms with E-state index in [0.717, 1.165) is 11.5 Å². The van der Waals surface area contributed by atoms with E-state index in [4.69, 9.17) is 0 Å². The van der Waals surface area contributed by atoms with E-state index >= 15 is 0 Å². The van der Waals surface area contributed by atoms with E-state index in [1.165, 1.54) is 30.3 Å². The normalized spacial score (nSPS) is 16.4. The van der Waals surface area contributed by atoms with Crippen molar-refractivity contribution in [2.24, 2.45) is 0 Å². The van der Waals surface area contributed by atoms with E-state index < -0.39 is 0 Å². The fraction of sp³-hybridized carbons (Fsp3) is 0.462. The Morgan fingerprint density at radius 1 is 1.38 bits per heavy atom. The summed E-state index contributed by atoms with van der Waals surface area (Å²) in [6, 6.07) is 7.12. The molecule has 1 heterocycles. The van der Waals surface area contributed by atoms with Crippen LogP contribution < -0.4 is 5.32 Å². The van der Waals surface area contributed by atoms with E-state index in [-0.39, 0.29) is 0 Å². The first-order chi connectivity index (χ1) is 7.79. The Morgan fingerprint density at radius 2 is 2.19 bits per heavy atom. The fourth-order valence-electron chi connectivity index (χ4n) is 2.39. The number of rotatable bonds is 2. The summed E-state index contributed by atoms with van der Waals surface area (Å²) in [4.78, 5) is 4.63. The molecule has 0 aliphatic heterocycles. The lowest BCUT2D eigenvalue weighted by atomic mass is 9.92. The summed E-state index contributed by atoms with van der Waals surface area (Å²) in [6.45, 7) is 2.14. The maximum atomic E-state index is 4.63. The van der Waals surface area contributed by atoms with E-state index in [1.54, 1.807) is 0 Å². The van der Waals surface area contributed by atoms with Crippen LogP contribution in [-0.2, 0) is 0 Å². The Hall–Kier alpha value is -1.51. The molecule has 0 spiro atoms. The zero-order valence-corrected chi connectivity index (χ0v) is 9.83. The second kappa shape index (κ2) is 3.51. The van der Waals surface area contributed by atoms with Crippen molar-refractivity contribution in [3.63, 3.8) is 0 Å². The van der Waals surface area contributed by atoms with Gasteiger partial charge in [0.1, 0.15) is 0 Å². The van der Waals surface area contributed by atoms with Gasteiger partial charge < -0.3 is 9.88 Å². The molecule has 1 fully saturated rings. The quantitative estimate of drug-likeness (QED) is 0.834. The minimum atomic E-state index is 0.647. The van der Waals surface area contributed by atoms with Crippen molar-refractivity contribution in [3.05, 3.63) is 23.8 Å². The fourth-order valence-corrected chi connectivity index (χ4v) is 2.39. The van der Waals surface area contributed by atoms with Gasteiger partial charge >= 0.3 is 0 Å². The molecule has 3 rings (SSSR count). The summed E-state index contributed by atoms with van der Waals surface area (Å²) in [5.74, 6) is 1.00. The molecule has 0 unspecified atom stereocenters. The molecule has 0 saturated heterocycles. The Bertz CT molecular complexity index is 523. The van der Waals surface area contributed by atoms with Crippen molar-refractivity contribution in [3.8, 4) is 0 Å². The van der Waals surface area contributed by atoms with Crippen LogP contribution in [-0.4, -0.2) is 16.6 Å². The van der Waals surface area contributed by atoms with E-state index in [1.807, 2.05) is 7.05 Å². The number of anilines is 1. The molecule has 3 nitrogen and oxygen atoms in total. The first-order valence-corrected chi connectivity index (χ1v) is 5.96. The van der Waals surface area contributed by atoms with E-state index in [0.29, 0.717) is 6.04 Å². The van der Waals surface area contributed by atoms with Gasteiger partial charge in [0.2, 0.25) is 5.95 Å². The second-order valence-electron chi connectivity index (χ2n) is 4.63. The average Bonchev–Trinajstić information content (AvgIpc) is 2.55. The van der Waals surface area contributed by atoms with Crippen LogP contribution in [0.15, 0.2) is 18.2 Å². The largest absolute Gasteiger partial charge is 0.359 e. The molecule has 16 heavy (non-hydrogen) atoms. The number of hydrogen-bond acceptors (Lipinski definition) is 2. The molecule has 1 aliphatic carbocycles. The number of aromatic nitrogens is 2. The number of nitrogens with zero attached hydrogens (tertiary/aromatic N) is 2. The topological polar surface area (TPSA) is 29.9 Å². The molecular formula is C13H17N3. The maximum Gasteiger partial charge on any atom is 0.203 e. The van der Waals surface area contributed by atoms with Crippen LogP contribution in [0.4, 0.5) is 5.95 Å². The Labute approximate surface area is 95.5 Å². The van der Waals surface area contributed by atoms with Gasteiger partial charge in [0.25, 0.3) is 0 Å².